The average molecular weight is 548 g/mol. The molecule has 212 valence electrons. The highest BCUT2D eigenvalue weighted by Gasteiger charge is 2.21. The maximum atomic E-state index is 13.1. The van der Waals surface area contributed by atoms with E-state index in [1.807, 2.05) is 42.5 Å². The van der Waals surface area contributed by atoms with Crippen LogP contribution in [0.25, 0.3) is 22.3 Å². The van der Waals surface area contributed by atoms with Crippen LogP contribution in [0, 0.1) is 0 Å². The van der Waals surface area contributed by atoms with Crippen LogP contribution in [-0.4, -0.2) is 53.0 Å². The zero-order chi connectivity index (χ0) is 28.5. The summed E-state index contributed by atoms with van der Waals surface area (Å²) < 4.78 is 34.0. The molecule has 40 heavy (non-hydrogen) atoms. The number of ether oxygens (including phenoxy) is 5. The first-order valence-corrected chi connectivity index (χ1v) is 13.4. The second-order valence-corrected chi connectivity index (χ2v) is 9.26. The van der Waals surface area contributed by atoms with Gasteiger partial charge in [0, 0.05) is 29.8 Å². The van der Waals surface area contributed by atoms with Crippen molar-refractivity contribution in [2.45, 2.75) is 26.3 Å². The summed E-state index contributed by atoms with van der Waals surface area (Å²) in [6, 6.07) is 18.8. The first-order chi connectivity index (χ1) is 19.5. The molecule has 3 aromatic carbocycles. The van der Waals surface area contributed by atoms with Crippen LogP contribution in [0.1, 0.15) is 25.3 Å². The first kappa shape index (κ1) is 28.8. The Hall–Kier alpha value is -4.17. The standard InChI is InChI=1S/C32H37NO7/c1-6-33(21-23-12-7-8-15-26(23)35-2)16-9-10-17-39-24-14-11-13-22(18-24)27-19-25(34)30-28(40-27)20-29(36-3)31(37-4)32(30)38-5/h7-8,11-15,18-20H,6,9-10,16-17,21H2,1-5H3. The lowest BCUT2D eigenvalue weighted by Gasteiger charge is -2.21. The quantitative estimate of drug-likeness (QED) is 0.173. The van der Waals surface area contributed by atoms with Gasteiger partial charge in [0.1, 0.15) is 28.2 Å². The van der Waals surface area contributed by atoms with Crippen LogP contribution in [0.2, 0.25) is 0 Å². The molecular formula is C32H37NO7. The van der Waals surface area contributed by atoms with Gasteiger partial charge in [0.25, 0.3) is 0 Å². The summed E-state index contributed by atoms with van der Waals surface area (Å²) in [7, 11) is 6.20. The monoisotopic (exact) mass is 547 g/mol. The van der Waals surface area contributed by atoms with E-state index in [9.17, 15) is 4.79 Å². The van der Waals surface area contributed by atoms with Crippen molar-refractivity contribution in [1.82, 2.24) is 4.90 Å². The van der Waals surface area contributed by atoms with Crippen molar-refractivity contribution in [1.29, 1.82) is 0 Å². The SMILES string of the molecule is CCN(CCCCOc1cccc(-c2cc(=O)c3c(OC)c(OC)c(OC)cc3o2)c1)Cc1ccccc1OC. The molecule has 0 aliphatic carbocycles. The van der Waals surface area contributed by atoms with Crippen LogP contribution < -0.4 is 29.1 Å². The Labute approximate surface area is 235 Å². The fourth-order valence-electron chi connectivity index (χ4n) is 4.72. The van der Waals surface area contributed by atoms with Crippen molar-refractivity contribution in [2.24, 2.45) is 0 Å². The van der Waals surface area contributed by atoms with Gasteiger partial charge in [-0.15, -0.1) is 0 Å². The van der Waals surface area contributed by atoms with Crippen LogP contribution >= 0.6 is 0 Å². The molecule has 0 spiro atoms. The molecule has 0 N–H and O–H groups in total. The number of methoxy groups -OCH3 is 4. The highest BCUT2D eigenvalue weighted by atomic mass is 16.5. The summed E-state index contributed by atoms with van der Waals surface area (Å²) >= 11 is 0. The van der Waals surface area contributed by atoms with Gasteiger partial charge < -0.3 is 28.1 Å². The molecule has 0 radical (unpaired) electrons. The summed E-state index contributed by atoms with van der Waals surface area (Å²) in [5, 5.41) is 0.295. The second-order valence-electron chi connectivity index (χ2n) is 9.26. The molecular weight excluding hydrogens is 510 g/mol. The smallest absolute Gasteiger partial charge is 0.204 e. The van der Waals surface area contributed by atoms with Gasteiger partial charge in [-0.1, -0.05) is 37.3 Å². The van der Waals surface area contributed by atoms with E-state index in [4.69, 9.17) is 28.1 Å². The molecule has 0 saturated heterocycles. The van der Waals surface area contributed by atoms with Gasteiger partial charge in [0.05, 0.1) is 35.0 Å². The lowest BCUT2D eigenvalue weighted by molar-refractivity contribution is 0.249. The molecule has 0 saturated carbocycles. The Kier molecular flexibility index (Phi) is 9.91. The van der Waals surface area contributed by atoms with Crippen LogP contribution in [-0.2, 0) is 6.54 Å². The average Bonchev–Trinajstić information content (AvgIpc) is 2.99. The maximum Gasteiger partial charge on any atom is 0.204 e. The van der Waals surface area contributed by atoms with Crippen LogP contribution in [0.5, 0.6) is 28.7 Å². The molecule has 4 rings (SSSR count). The van der Waals surface area contributed by atoms with E-state index in [1.54, 1.807) is 13.2 Å². The van der Waals surface area contributed by atoms with E-state index in [-0.39, 0.29) is 11.2 Å². The molecule has 8 nitrogen and oxygen atoms in total. The molecule has 4 aromatic rings. The van der Waals surface area contributed by atoms with E-state index in [0.29, 0.717) is 40.6 Å². The van der Waals surface area contributed by atoms with Crippen LogP contribution in [0.3, 0.4) is 0 Å². The third-order valence-corrected chi connectivity index (χ3v) is 6.81. The third kappa shape index (κ3) is 6.51. The first-order valence-electron chi connectivity index (χ1n) is 13.4. The Morgan fingerprint density at radius 3 is 2.30 bits per heavy atom. The van der Waals surface area contributed by atoms with Crippen molar-refractivity contribution in [3.63, 3.8) is 0 Å². The van der Waals surface area contributed by atoms with E-state index in [0.717, 1.165) is 43.8 Å². The van der Waals surface area contributed by atoms with E-state index < -0.39 is 0 Å². The molecule has 1 aromatic heterocycles. The van der Waals surface area contributed by atoms with Gasteiger partial charge in [-0.05, 0) is 44.1 Å². The lowest BCUT2D eigenvalue weighted by atomic mass is 10.1. The van der Waals surface area contributed by atoms with Gasteiger partial charge in [-0.2, -0.15) is 0 Å². The summed E-state index contributed by atoms with van der Waals surface area (Å²) in [4.78, 5) is 15.5. The number of unbranched alkanes of at least 4 members (excludes halogenated alkanes) is 1. The molecule has 0 amide bonds. The minimum atomic E-state index is -0.242. The molecule has 0 aliphatic rings. The van der Waals surface area contributed by atoms with Gasteiger partial charge in [0.15, 0.2) is 16.9 Å². The fraction of sp³-hybridized carbons (Fsp3) is 0.344. The van der Waals surface area contributed by atoms with E-state index in [2.05, 4.69) is 17.9 Å². The highest BCUT2D eigenvalue weighted by molar-refractivity contribution is 5.90. The van der Waals surface area contributed by atoms with Gasteiger partial charge in [-0.25, -0.2) is 0 Å². The fourth-order valence-corrected chi connectivity index (χ4v) is 4.72. The zero-order valence-corrected chi connectivity index (χ0v) is 23.8. The highest BCUT2D eigenvalue weighted by Crippen LogP contribution is 2.42. The number of hydrogen-bond acceptors (Lipinski definition) is 8. The maximum absolute atomic E-state index is 13.1. The summed E-state index contributed by atoms with van der Waals surface area (Å²) in [6.45, 7) is 5.54. The molecule has 0 aliphatic heterocycles. The predicted molar refractivity (Wildman–Crippen MR) is 156 cm³/mol. The van der Waals surface area contributed by atoms with Crippen LogP contribution in [0.15, 0.2) is 69.9 Å². The van der Waals surface area contributed by atoms with Crippen molar-refractivity contribution in [3.8, 4) is 40.1 Å². The van der Waals surface area contributed by atoms with E-state index in [1.165, 1.54) is 33.0 Å². The third-order valence-electron chi connectivity index (χ3n) is 6.81. The largest absolute Gasteiger partial charge is 0.496 e. The zero-order valence-electron chi connectivity index (χ0n) is 23.8. The number of hydrogen-bond donors (Lipinski definition) is 0. The summed E-state index contributed by atoms with van der Waals surface area (Å²) in [5.41, 5.74) is 2.03. The van der Waals surface area contributed by atoms with Crippen molar-refractivity contribution >= 4 is 11.0 Å². The Morgan fingerprint density at radius 1 is 0.800 bits per heavy atom. The predicted octanol–water partition coefficient (Wildman–Crippen LogP) is 6.18. The van der Waals surface area contributed by atoms with Crippen molar-refractivity contribution in [3.05, 3.63) is 76.5 Å². The Balaban J connectivity index is 1.40. The normalized spacial score (nSPS) is 11.1. The molecule has 8 heteroatoms. The van der Waals surface area contributed by atoms with Gasteiger partial charge in [0.2, 0.25) is 5.75 Å². The number of para-hydroxylation sites is 1. The number of rotatable bonds is 14. The summed E-state index contributed by atoms with van der Waals surface area (Å²) in [6.07, 6.45) is 1.93. The number of nitrogens with zero attached hydrogens (tertiary/aromatic N) is 1. The number of benzene rings is 3. The number of fused-ring (bicyclic) bond motifs is 1. The molecule has 0 fully saturated rings. The topological polar surface area (TPSA) is 79.6 Å². The molecule has 0 bridgehead atoms. The van der Waals surface area contributed by atoms with Crippen molar-refractivity contribution in [2.75, 3.05) is 48.1 Å². The van der Waals surface area contributed by atoms with Crippen molar-refractivity contribution < 1.29 is 28.1 Å². The van der Waals surface area contributed by atoms with Gasteiger partial charge in [-0.3, -0.25) is 9.69 Å². The molecule has 1 heterocycles. The lowest BCUT2D eigenvalue weighted by Crippen LogP contribution is -2.24. The minimum Gasteiger partial charge on any atom is -0.496 e. The minimum absolute atomic E-state index is 0.242. The second kappa shape index (κ2) is 13.8. The molecule has 0 unspecified atom stereocenters. The van der Waals surface area contributed by atoms with Gasteiger partial charge >= 0.3 is 0 Å². The molecule has 0 atom stereocenters. The Bertz CT molecular complexity index is 1480. The Morgan fingerprint density at radius 2 is 1.57 bits per heavy atom. The van der Waals surface area contributed by atoms with Crippen LogP contribution in [0.4, 0.5) is 0 Å². The van der Waals surface area contributed by atoms with E-state index >= 15 is 0 Å². The summed E-state index contributed by atoms with van der Waals surface area (Å²) in [5.74, 6) is 3.09.